The number of hydrogen-bond donors (Lipinski definition) is 0. The first-order chi connectivity index (χ1) is 11.8. The van der Waals surface area contributed by atoms with Crippen molar-refractivity contribution in [3.63, 3.8) is 0 Å². The summed E-state index contributed by atoms with van der Waals surface area (Å²) in [5.41, 5.74) is 2.33. The van der Waals surface area contributed by atoms with Crippen molar-refractivity contribution in [3.05, 3.63) is 63.9 Å². The average molecular weight is 337 g/mol. The van der Waals surface area contributed by atoms with Crippen molar-refractivity contribution in [2.75, 3.05) is 13.3 Å². The summed E-state index contributed by atoms with van der Waals surface area (Å²) in [6.45, 7) is 0.622. The Morgan fingerprint density at radius 2 is 2.08 bits per heavy atom. The summed E-state index contributed by atoms with van der Waals surface area (Å²) in [4.78, 5) is 18.3. The molecule has 24 heavy (non-hydrogen) atoms. The van der Waals surface area contributed by atoms with E-state index in [1.54, 1.807) is 29.5 Å². The quantitative estimate of drug-likeness (QED) is 0.788. The zero-order valence-corrected chi connectivity index (χ0v) is 13.7. The third kappa shape index (κ3) is 3.03. The number of hydrogen-bond acceptors (Lipinski definition) is 5. The first-order valence-corrected chi connectivity index (χ1v) is 8.56. The molecular weight excluding hydrogens is 322 g/mol. The minimum absolute atomic E-state index is 0.00154. The highest BCUT2D eigenvalue weighted by molar-refractivity contribution is 7.10. The standard InChI is InChI=1S/C19H15NO3S/c21-19(13-4-8-17-18(10-13)23-12-22-17)14-3-5-15(20-11-14)6-7-16-2-1-9-24-16/h1-4,6-10H,5,11-12H2/b7-6+. The van der Waals surface area contributed by atoms with Gasteiger partial charge in [0.05, 0.1) is 6.54 Å². The van der Waals surface area contributed by atoms with E-state index in [0.29, 0.717) is 30.0 Å². The largest absolute Gasteiger partial charge is 0.454 e. The molecule has 0 fully saturated rings. The molecule has 0 N–H and O–H groups in total. The molecule has 0 atom stereocenters. The second-order valence-corrected chi connectivity index (χ2v) is 6.47. The van der Waals surface area contributed by atoms with E-state index in [-0.39, 0.29) is 12.6 Å². The second kappa shape index (κ2) is 6.45. The van der Waals surface area contributed by atoms with Crippen molar-refractivity contribution in [1.82, 2.24) is 0 Å². The minimum atomic E-state index is -0.00154. The molecule has 5 heteroatoms. The molecule has 0 bridgehead atoms. The smallest absolute Gasteiger partial charge is 0.231 e. The molecule has 4 rings (SSSR count). The summed E-state index contributed by atoms with van der Waals surface area (Å²) in [7, 11) is 0. The van der Waals surface area contributed by atoms with Crippen LogP contribution in [0.25, 0.3) is 6.08 Å². The van der Waals surface area contributed by atoms with Crippen LogP contribution < -0.4 is 9.47 Å². The number of fused-ring (bicyclic) bond motifs is 1. The molecule has 1 aromatic carbocycles. The fourth-order valence-corrected chi connectivity index (χ4v) is 3.23. The van der Waals surface area contributed by atoms with Crippen molar-refractivity contribution in [3.8, 4) is 11.5 Å². The zero-order valence-electron chi connectivity index (χ0n) is 12.9. The lowest BCUT2D eigenvalue weighted by Gasteiger charge is -2.11. The molecule has 120 valence electrons. The highest BCUT2D eigenvalue weighted by Gasteiger charge is 2.19. The number of thiophene rings is 1. The van der Waals surface area contributed by atoms with Gasteiger partial charge in [-0.2, -0.15) is 0 Å². The lowest BCUT2D eigenvalue weighted by atomic mass is 9.99. The topological polar surface area (TPSA) is 47.9 Å². The maximum atomic E-state index is 12.6. The van der Waals surface area contributed by atoms with Crippen LogP contribution in [0, 0.1) is 0 Å². The van der Waals surface area contributed by atoms with Gasteiger partial charge in [-0.3, -0.25) is 9.79 Å². The van der Waals surface area contributed by atoms with Crippen molar-refractivity contribution in [2.24, 2.45) is 4.99 Å². The Morgan fingerprint density at radius 1 is 1.17 bits per heavy atom. The van der Waals surface area contributed by atoms with Gasteiger partial charge in [-0.15, -0.1) is 11.3 Å². The molecule has 0 saturated carbocycles. The van der Waals surface area contributed by atoms with E-state index in [0.717, 1.165) is 11.3 Å². The van der Waals surface area contributed by atoms with Crippen LogP contribution in [0.3, 0.4) is 0 Å². The van der Waals surface area contributed by atoms with Gasteiger partial charge in [-0.05, 0) is 41.8 Å². The van der Waals surface area contributed by atoms with Crippen LogP contribution in [0.1, 0.15) is 21.7 Å². The number of allylic oxidation sites excluding steroid dienone is 2. The van der Waals surface area contributed by atoms with Crippen LogP contribution in [-0.4, -0.2) is 24.8 Å². The minimum Gasteiger partial charge on any atom is -0.454 e. The van der Waals surface area contributed by atoms with E-state index in [9.17, 15) is 4.79 Å². The average Bonchev–Trinajstić information content (AvgIpc) is 3.30. The molecule has 4 nitrogen and oxygen atoms in total. The molecule has 2 aliphatic heterocycles. The lowest BCUT2D eigenvalue weighted by Crippen LogP contribution is -2.12. The monoisotopic (exact) mass is 337 g/mol. The Labute approximate surface area is 143 Å². The number of ether oxygens (including phenoxy) is 2. The first kappa shape index (κ1) is 14.9. The van der Waals surface area contributed by atoms with Crippen LogP contribution in [0.5, 0.6) is 11.5 Å². The van der Waals surface area contributed by atoms with Crippen molar-refractivity contribution in [1.29, 1.82) is 0 Å². The van der Waals surface area contributed by atoms with Gasteiger partial charge in [0.2, 0.25) is 6.79 Å². The van der Waals surface area contributed by atoms with Crippen molar-refractivity contribution in [2.45, 2.75) is 6.42 Å². The predicted octanol–water partition coefficient (Wildman–Crippen LogP) is 4.14. The summed E-state index contributed by atoms with van der Waals surface area (Å²) in [5, 5.41) is 2.05. The van der Waals surface area contributed by atoms with Gasteiger partial charge in [-0.1, -0.05) is 12.1 Å². The summed E-state index contributed by atoms with van der Waals surface area (Å²) in [6.07, 6.45) is 6.72. The number of Topliss-reactive ketones (excluding diaryl/α,β-unsaturated/α-hetero) is 1. The van der Waals surface area contributed by atoms with Gasteiger partial charge in [0.15, 0.2) is 17.3 Å². The second-order valence-electron chi connectivity index (χ2n) is 5.49. The Morgan fingerprint density at radius 3 is 2.88 bits per heavy atom. The third-order valence-corrected chi connectivity index (χ3v) is 4.76. The molecule has 0 aliphatic carbocycles. The van der Waals surface area contributed by atoms with E-state index in [4.69, 9.17) is 9.47 Å². The van der Waals surface area contributed by atoms with Gasteiger partial charge in [0.25, 0.3) is 0 Å². The van der Waals surface area contributed by atoms with Crippen LogP contribution in [-0.2, 0) is 0 Å². The number of carbonyl (C=O) groups is 1. The molecule has 2 aromatic rings. The molecule has 2 aliphatic rings. The number of carbonyl (C=O) groups excluding carboxylic acids is 1. The molecule has 3 heterocycles. The Hall–Kier alpha value is -2.66. The number of benzene rings is 1. The number of ketones is 1. The van der Waals surface area contributed by atoms with Gasteiger partial charge in [-0.25, -0.2) is 0 Å². The summed E-state index contributed by atoms with van der Waals surface area (Å²) >= 11 is 1.69. The Bertz CT molecular complexity index is 863. The maximum Gasteiger partial charge on any atom is 0.231 e. The number of dihydropyridines is 1. The van der Waals surface area contributed by atoms with E-state index in [2.05, 4.69) is 17.1 Å². The number of rotatable bonds is 4. The zero-order chi connectivity index (χ0) is 16.4. The van der Waals surface area contributed by atoms with Crippen LogP contribution in [0.4, 0.5) is 0 Å². The SMILES string of the molecule is O=C(C1=CCC(/C=C/c2cccs2)=NC1)c1ccc2c(c1)OCO2. The summed E-state index contributed by atoms with van der Waals surface area (Å²) < 4.78 is 10.6. The Kier molecular flexibility index (Phi) is 4.01. The van der Waals surface area contributed by atoms with E-state index >= 15 is 0 Å². The predicted molar refractivity (Wildman–Crippen MR) is 95.3 cm³/mol. The highest BCUT2D eigenvalue weighted by atomic mass is 32.1. The molecular formula is C19H15NO3S. The Balaban J connectivity index is 1.44. The van der Waals surface area contributed by atoms with E-state index in [1.807, 2.05) is 23.6 Å². The van der Waals surface area contributed by atoms with Crippen LogP contribution in [0.2, 0.25) is 0 Å². The lowest BCUT2D eigenvalue weighted by molar-refractivity contribution is 0.103. The fourth-order valence-electron chi connectivity index (χ4n) is 2.62. The van der Waals surface area contributed by atoms with Crippen molar-refractivity contribution < 1.29 is 14.3 Å². The molecule has 0 saturated heterocycles. The molecule has 1 aromatic heterocycles. The number of aliphatic imine (C=N–C) groups is 1. The first-order valence-electron chi connectivity index (χ1n) is 7.68. The summed E-state index contributed by atoms with van der Waals surface area (Å²) in [5.74, 6) is 1.31. The molecule has 0 spiro atoms. The van der Waals surface area contributed by atoms with Crippen LogP contribution in [0.15, 0.2) is 58.4 Å². The third-order valence-electron chi connectivity index (χ3n) is 3.92. The van der Waals surface area contributed by atoms with Crippen molar-refractivity contribution >= 4 is 28.9 Å². The van der Waals surface area contributed by atoms with Gasteiger partial charge < -0.3 is 9.47 Å². The van der Waals surface area contributed by atoms with E-state index < -0.39 is 0 Å². The normalized spacial score (nSPS) is 16.2. The van der Waals surface area contributed by atoms with E-state index in [1.165, 1.54) is 4.88 Å². The highest BCUT2D eigenvalue weighted by Crippen LogP contribution is 2.33. The number of nitrogens with zero attached hydrogens (tertiary/aromatic N) is 1. The molecule has 0 amide bonds. The summed E-state index contributed by atoms with van der Waals surface area (Å²) in [6, 6.07) is 9.37. The van der Waals surface area contributed by atoms with Gasteiger partial charge in [0.1, 0.15) is 0 Å². The van der Waals surface area contributed by atoms with Gasteiger partial charge >= 0.3 is 0 Å². The molecule has 0 radical (unpaired) electrons. The fraction of sp³-hybridized carbons (Fsp3) is 0.158. The molecule has 0 unspecified atom stereocenters. The van der Waals surface area contributed by atoms with Gasteiger partial charge in [0, 0.05) is 28.1 Å². The van der Waals surface area contributed by atoms with Crippen LogP contribution >= 0.6 is 11.3 Å². The maximum absolute atomic E-state index is 12.6.